The van der Waals surface area contributed by atoms with E-state index in [2.05, 4.69) is 22.3 Å². The number of fused-ring (bicyclic) bond motifs is 1. The maximum absolute atomic E-state index is 6.29. The molecule has 0 aliphatic heterocycles. The van der Waals surface area contributed by atoms with E-state index in [4.69, 9.17) is 17.3 Å². The highest BCUT2D eigenvalue weighted by Gasteiger charge is 2.16. The molecule has 1 heterocycles. The van der Waals surface area contributed by atoms with Crippen LogP contribution in [0, 0.1) is 0 Å². The second-order valence-corrected chi connectivity index (χ2v) is 5.04. The maximum atomic E-state index is 6.29. The Kier molecular flexibility index (Phi) is 3.01. The fraction of sp³-hybridized carbons (Fsp3) is 0.133. The monoisotopic (exact) mass is 271 g/mol. The van der Waals surface area contributed by atoms with Crippen molar-refractivity contribution in [2.75, 3.05) is 0 Å². The zero-order chi connectivity index (χ0) is 13.4. The number of rotatable bonds is 2. The van der Waals surface area contributed by atoms with Crippen LogP contribution >= 0.6 is 11.6 Å². The third-order valence-corrected chi connectivity index (χ3v) is 3.58. The predicted molar refractivity (Wildman–Crippen MR) is 79.1 cm³/mol. The molecule has 0 aliphatic rings. The van der Waals surface area contributed by atoms with Crippen LogP contribution < -0.4 is 5.73 Å². The van der Waals surface area contributed by atoms with Crippen molar-refractivity contribution in [3.63, 3.8) is 0 Å². The zero-order valence-corrected chi connectivity index (χ0v) is 11.3. The van der Waals surface area contributed by atoms with Gasteiger partial charge in [0, 0.05) is 17.0 Å². The summed E-state index contributed by atoms with van der Waals surface area (Å²) >= 11 is 6.29. The summed E-state index contributed by atoms with van der Waals surface area (Å²) in [4.78, 5) is 0. The van der Waals surface area contributed by atoms with E-state index < -0.39 is 0 Å². The minimum absolute atomic E-state index is 0.0968. The Morgan fingerprint density at radius 2 is 2.00 bits per heavy atom. The van der Waals surface area contributed by atoms with Crippen molar-refractivity contribution in [2.45, 2.75) is 13.0 Å². The number of hydrogen-bond donors (Lipinski definition) is 2. The third-order valence-electron chi connectivity index (χ3n) is 3.27. The summed E-state index contributed by atoms with van der Waals surface area (Å²) in [6, 6.07) is 12.0. The average molecular weight is 272 g/mol. The van der Waals surface area contributed by atoms with Gasteiger partial charge in [0.1, 0.15) is 0 Å². The van der Waals surface area contributed by atoms with E-state index in [1.165, 1.54) is 0 Å². The second-order valence-electron chi connectivity index (χ2n) is 4.64. The number of H-pyrrole nitrogens is 1. The van der Waals surface area contributed by atoms with Gasteiger partial charge in [-0.25, -0.2) is 0 Å². The number of nitrogens with one attached hydrogen (secondary N) is 1. The lowest BCUT2D eigenvalue weighted by molar-refractivity contribution is 0.821. The molecule has 4 heteroatoms. The summed E-state index contributed by atoms with van der Waals surface area (Å²) in [5.74, 6) is 0. The smallest absolute Gasteiger partial charge is 0.0747 e. The van der Waals surface area contributed by atoms with Crippen LogP contribution in [0.15, 0.2) is 42.6 Å². The highest BCUT2D eigenvalue weighted by atomic mass is 35.5. The molecule has 1 atom stereocenters. The molecule has 0 spiro atoms. The maximum Gasteiger partial charge on any atom is 0.0747 e. The van der Waals surface area contributed by atoms with Crippen LogP contribution in [0.2, 0.25) is 5.02 Å². The molecule has 0 aliphatic carbocycles. The number of nitrogens with two attached hydrogens (primary N) is 1. The normalized spacial score (nSPS) is 12.8. The fourth-order valence-corrected chi connectivity index (χ4v) is 2.62. The molecular weight excluding hydrogens is 258 g/mol. The first kappa shape index (κ1) is 12.2. The topological polar surface area (TPSA) is 54.7 Å². The van der Waals surface area contributed by atoms with Gasteiger partial charge in [-0.1, -0.05) is 41.9 Å². The van der Waals surface area contributed by atoms with Crippen LogP contribution in [0.4, 0.5) is 0 Å². The number of nitrogens with zero attached hydrogens (tertiary/aromatic N) is 1. The second kappa shape index (κ2) is 4.68. The third kappa shape index (κ3) is 2.01. The zero-order valence-electron chi connectivity index (χ0n) is 10.5. The first-order valence-electron chi connectivity index (χ1n) is 6.15. The van der Waals surface area contributed by atoms with Gasteiger partial charge in [-0.15, -0.1) is 0 Å². The average Bonchev–Trinajstić information content (AvgIpc) is 2.89. The lowest BCUT2D eigenvalue weighted by Crippen LogP contribution is -2.07. The molecule has 2 aromatic carbocycles. The Hall–Kier alpha value is -1.84. The van der Waals surface area contributed by atoms with Crippen LogP contribution in [-0.4, -0.2) is 10.2 Å². The molecule has 0 radical (unpaired) electrons. The summed E-state index contributed by atoms with van der Waals surface area (Å²) < 4.78 is 0. The Balaban J connectivity index is 2.41. The Labute approximate surface area is 116 Å². The molecular formula is C15H14ClN3. The molecule has 3 nitrogen and oxygen atoms in total. The summed E-state index contributed by atoms with van der Waals surface area (Å²) in [6.45, 7) is 1.96. The van der Waals surface area contributed by atoms with Crippen LogP contribution in [0.1, 0.15) is 18.5 Å². The van der Waals surface area contributed by atoms with E-state index in [0.717, 1.165) is 27.6 Å². The summed E-state index contributed by atoms with van der Waals surface area (Å²) in [6.07, 6.45) is 1.75. The number of aromatic amines is 1. The van der Waals surface area contributed by atoms with Crippen LogP contribution in [0.5, 0.6) is 0 Å². The van der Waals surface area contributed by atoms with Crippen molar-refractivity contribution in [1.29, 1.82) is 0 Å². The summed E-state index contributed by atoms with van der Waals surface area (Å²) in [5.41, 5.74) is 10.2. The minimum Gasteiger partial charge on any atom is -0.324 e. The first-order chi connectivity index (χ1) is 9.18. The van der Waals surface area contributed by atoms with E-state index in [-0.39, 0.29) is 6.04 Å². The molecule has 19 heavy (non-hydrogen) atoms. The van der Waals surface area contributed by atoms with Crippen molar-refractivity contribution in [2.24, 2.45) is 5.73 Å². The number of aromatic nitrogens is 2. The van der Waals surface area contributed by atoms with Gasteiger partial charge in [-0.2, -0.15) is 5.10 Å². The minimum atomic E-state index is -0.0968. The van der Waals surface area contributed by atoms with Crippen molar-refractivity contribution in [1.82, 2.24) is 10.2 Å². The van der Waals surface area contributed by atoms with E-state index >= 15 is 0 Å². The van der Waals surface area contributed by atoms with Crippen molar-refractivity contribution in [3.05, 3.63) is 53.2 Å². The number of hydrogen-bond acceptors (Lipinski definition) is 2. The van der Waals surface area contributed by atoms with E-state index in [9.17, 15) is 0 Å². The molecule has 0 amide bonds. The van der Waals surface area contributed by atoms with E-state index in [1.807, 2.05) is 31.2 Å². The van der Waals surface area contributed by atoms with E-state index in [1.54, 1.807) is 6.20 Å². The van der Waals surface area contributed by atoms with Gasteiger partial charge in [-0.3, -0.25) is 5.10 Å². The molecule has 3 aromatic rings. The van der Waals surface area contributed by atoms with Gasteiger partial charge >= 0.3 is 0 Å². The highest BCUT2D eigenvalue weighted by Crippen LogP contribution is 2.37. The largest absolute Gasteiger partial charge is 0.324 e. The van der Waals surface area contributed by atoms with Gasteiger partial charge in [0.2, 0.25) is 0 Å². The van der Waals surface area contributed by atoms with Crippen LogP contribution in [0.25, 0.3) is 22.0 Å². The van der Waals surface area contributed by atoms with Gasteiger partial charge in [-0.05, 0) is 24.1 Å². The van der Waals surface area contributed by atoms with Crippen molar-refractivity contribution < 1.29 is 0 Å². The Morgan fingerprint density at radius 1 is 1.26 bits per heavy atom. The molecule has 0 saturated carbocycles. The molecule has 1 unspecified atom stereocenters. The van der Waals surface area contributed by atoms with Gasteiger partial charge in [0.15, 0.2) is 0 Å². The van der Waals surface area contributed by atoms with E-state index in [0.29, 0.717) is 5.02 Å². The molecule has 96 valence electrons. The number of halogens is 1. The molecule has 3 N–H and O–H groups in total. The Bertz CT molecular complexity index is 717. The molecule has 3 rings (SSSR count). The van der Waals surface area contributed by atoms with Crippen LogP contribution in [-0.2, 0) is 0 Å². The SMILES string of the molecule is CC(N)c1cc(Cl)c2cn[nH]c2c1-c1ccccc1. The predicted octanol–water partition coefficient (Wildman–Crippen LogP) is 3.90. The number of benzene rings is 2. The van der Waals surface area contributed by atoms with Crippen LogP contribution in [0.3, 0.4) is 0 Å². The van der Waals surface area contributed by atoms with Crippen molar-refractivity contribution in [3.8, 4) is 11.1 Å². The lowest BCUT2D eigenvalue weighted by atomic mass is 9.94. The van der Waals surface area contributed by atoms with Gasteiger partial charge in [0.05, 0.1) is 16.7 Å². The fourth-order valence-electron chi connectivity index (χ4n) is 2.36. The van der Waals surface area contributed by atoms with Crippen molar-refractivity contribution >= 4 is 22.5 Å². The molecule has 0 saturated heterocycles. The van der Waals surface area contributed by atoms with Gasteiger partial charge in [0.25, 0.3) is 0 Å². The van der Waals surface area contributed by atoms with Gasteiger partial charge < -0.3 is 5.73 Å². The molecule has 1 aromatic heterocycles. The lowest BCUT2D eigenvalue weighted by Gasteiger charge is -2.15. The molecule has 0 bridgehead atoms. The first-order valence-corrected chi connectivity index (χ1v) is 6.52. The quantitative estimate of drug-likeness (QED) is 0.743. The molecule has 0 fully saturated rings. The Morgan fingerprint density at radius 3 is 2.68 bits per heavy atom. The summed E-state index contributed by atoms with van der Waals surface area (Å²) in [7, 11) is 0. The standard InChI is InChI=1S/C15H14ClN3/c1-9(17)11-7-13(16)12-8-18-19-15(12)14(11)10-5-3-2-4-6-10/h2-9H,17H2,1H3,(H,18,19). The highest BCUT2D eigenvalue weighted by molar-refractivity contribution is 6.36. The summed E-state index contributed by atoms with van der Waals surface area (Å²) in [5, 5.41) is 8.73.